The topological polar surface area (TPSA) is 127 Å². The molecule has 1 heterocycles. The summed E-state index contributed by atoms with van der Waals surface area (Å²) in [6, 6.07) is 17.7. The third-order valence-corrected chi connectivity index (χ3v) is 7.58. The number of nitrogens with one attached hydrogen (secondary N) is 1. The van der Waals surface area contributed by atoms with Crippen LogP contribution in [0.3, 0.4) is 0 Å². The first-order valence-electron chi connectivity index (χ1n) is 12.3. The Bertz CT molecular complexity index is 1490. The number of benzene rings is 3. The first-order valence-corrected chi connectivity index (χ1v) is 13.7. The highest BCUT2D eigenvalue weighted by Gasteiger charge is 2.38. The number of anilines is 3. The lowest BCUT2D eigenvalue weighted by molar-refractivity contribution is -0.192. The molecule has 3 N–H and O–H groups in total. The van der Waals surface area contributed by atoms with Crippen molar-refractivity contribution in [2.24, 2.45) is 0 Å². The molecule has 14 heteroatoms. The zero-order valence-corrected chi connectivity index (χ0v) is 22.5. The number of piperazine rings is 1. The van der Waals surface area contributed by atoms with Crippen molar-refractivity contribution in [3.63, 3.8) is 0 Å². The van der Waals surface area contributed by atoms with Crippen LogP contribution in [-0.2, 0) is 21.2 Å². The predicted molar refractivity (Wildman–Crippen MR) is 145 cm³/mol. The number of para-hydroxylation sites is 1. The number of carboxylic acid groups (broad SMARTS) is 2. The largest absolute Gasteiger partial charge is 0.490 e. The highest BCUT2D eigenvalue weighted by atomic mass is 32.2. The number of aromatic carboxylic acids is 1. The van der Waals surface area contributed by atoms with Crippen molar-refractivity contribution in [1.29, 1.82) is 0 Å². The van der Waals surface area contributed by atoms with E-state index in [0.29, 0.717) is 37.6 Å². The summed E-state index contributed by atoms with van der Waals surface area (Å²) in [5.74, 6) is -4.26. The summed E-state index contributed by atoms with van der Waals surface area (Å²) in [5.41, 5.74) is 2.08. The number of rotatable bonds is 7. The number of aryl methyl sites for hydroxylation is 1. The van der Waals surface area contributed by atoms with E-state index >= 15 is 0 Å². The van der Waals surface area contributed by atoms with E-state index in [2.05, 4.69) is 4.72 Å². The number of halogens is 4. The van der Waals surface area contributed by atoms with E-state index in [1.807, 2.05) is 16.7 Å². The van der Waals surface area contributed by atoms with Crippen LogP contribution in [0.25, 0.3) is 0 Å². The van der Waals surface area contributed by atoms with E-state index in [9.17, 15) is 35.9 Å². The zero-order chi connectivity index (χ0) is 30.4. The number of carbonyl (C=O) groups is 2. The molecule has 0 aromatic heterocycles. The molecule has 9 nitrogen and oxygen atoms in total. The first kappa shape index (κ1) is 31.2. The molecular weight excluding hydrogens is 570 g/mol. The van der Waals surface area contributed by atoms with Gasteiger partial charge in [0.1, 0.15) is 5.82 Å². The van der Waals surface area contributed by atoms with Gasteiger partial charge in [0.15, 0.2) is 0 Å². The number of nitrogens with zero attached hydrogens (tertiary/aromatic N) is 2. The minimum Gasteiger partial charge on any atom is -0.478 e. The molecular formula is C27H27F4N3O6S. The van der Waals surface area contributed by atoms with Crippen LogP contribution in [0.5, 0.6) is 0 Å². The Morgan fingerprint density at radius 2 is 1.46 bits per heavy atom. The van der Waals surface area contributed by atoms with Gasteiger partial charge < -0.3 is 20.0 Å². The van der Waals surface area contributed by atoms with Crippen molar-refractivity contribution in [2.75, 3.05) is 40.7 Å². The van der Waals surface area contributed by atoms with Gasteiger partial charge >= 0.3 is 18.1 Å². The number of hydrogen-bond donors (Lipinski definition) is 3. The molecule has 3 aromatic carbocycles. The number of aliphatic carboxylic acids is 1. The van der Waals surface area contributed by atoms with E-state index in [1.165, 1.54) is 30.3 Å². The van der Waals surface area contributed by atoms with Crippen molar-refractivity contribution in [2.45, 2.75) is 24.4 Å². The zero-order valence-electron chi connectivity index (χ0n) is 21.7. The molecule has 4 rings (SSSR count). The quantitative estimate of drug-likeness (QED) is 0.330. The van der Waals surface area contributed by atoms with E-state index in [-0.39, 0.29) is 22.0 Å². The van der Waals surface area contributed by atoms with Crippen LogP contribution in [0.2, 0.25) is 0 Å². The molecule has 220 valence electrons. The maximum absolute atomic E-state index is 14.1. The Morgan fingerprint density at radius 1 is 0.902 bits per heavy atom. The van der Waals surface area contributed by atoms with Crippen molar-refractivity contribution in [1.82, 2.24) is 0 Å². The van der Waals surface area contributed by atoms with Gasteiger partial charge in [0, 0.05) is 31.9 Å². The molecule has 41 heavy (non-hydrogen) atoms. The van der Waals surface area contributed by atoms with Crippen molar-refractivity contribution < 1.29 is 45.8 Å². The van der Waals surface area contributed by atoms with Gasteiger partial charge in [0.25, 0.3) is 10.0 Å². The average Bonchev–Trinajstić information content (AvgIpc) is 2.93. The third-order valence-electron chi connectivity index (χ3n) is 6.20. The van der Waals surface area contributed by atoms with Gasteiger partial charge in [-0.3, -0.25) is 4.72 Å². The van der Waals surface area contributed by atoms with E-state index in [1.54, 1.807) is 36.4 Å². The van der Waals surface area contributed by atoms with Crippen molar-refractivity contribution in [3.05, 3.63) is 83.7 Å². The lowest BCUT2D eigenvalue weighted by Crippen LogP contribution is -2.46. The van der Waals surface area contributed by atoms with Crippen LogP contribution in [0.15, 0.2) is 71.6 Å². The van der Waals surface area contributed by atoms with Crippen LogP contribution in [0.1, 0.15) is 22.8 Å². The second-order valence-corrected chi connectivity index (χ2v) is 10.5. The Labute approximate surface area is 233 Å². The van der Waals surface area contributed by atoms with E-state index in [4.69, 9.17) is 9.90 Å². The smallest absolute Gasteiger partial charge is 0.478 e. The minimum atomic E-state index is -5.08. The van der Waals surface area contributed by atoms with Crippen LogP contribution >= 0.6 is 0 Å². The van der Waals surface area contributed by atoms with Crippen LogP contribution in [0.4, 0.5) is 34.6 Å². The summed E-state index contributed by atoms with van der Waals surface area (Å²) in [6.45, 7) is 4.27. The monoisotopic (exact) mass is 597 g/mol. The Hall–Kier alpha value is -4.33. The standard InChI is InChI=1S/C25H26FN3O4S.C2HF3O2/c1-2-18-7-10-20(11-8-18)34(32,33)27-23-12-9-19(17-21(23)25(30)31)28-13-15-29(16-14-28)24-6-4-3-5-22(24)26;3-2(4,5)1(6)7/h3-12,17,27H,2,13-16H2,1H3,(H,30,31);(H,6,7). The number of alkyl halides is 3. The first-order chi connectivity index (χ1) is 19.2. The molecule has 1 fully saturated rings. The van der Waals surface area contributed by atoms with E-state index < -0.39 is 28.1 Å². The molecule has 0 bridgehead atoms. The average molecular weight is 598 g/mol. The molecule has 3 aromatic rings. The van der Waals surface area contributed by atoms with Gasteiger partial charge in [0.2, 0.25) is 0 Å². The Balaban J connectivity index is 0.000000587. The second-order valence-electron chi connectivity index (χ2n) is 8.87. The van der Waals surface area contributed by atoms with Gasteiger partial charge in [0.05, 0.1) is 21.8 Å². The lowest BCUT2D eigenvalue weighted by Gasteiger charge is -2.37. The van der Waals surface area contributed by atoms with Crippen LogP contribution in [-0.4, -0.2) is 62.9 Å². The summed E-state index contributed by atoms with van der Waals surface area (Å²) in [6.07, 6.45) is -4.30. The van der Waals surface area contributed by atoms with Gasteiger partial charge in [-0.1, -0.05) is 31.2 Å². The summed E-state index contributed by atoms with van der Waals surface area (Å²) >= 11 is 0. The summed E-state index contributed by atoms with van der Waals surface area (Å²) in [5, 5.41) is 16.9. The van der Waals surface area contributed by atoms with Crippen molar-refractivity contribution >= 4 is 39.0 Å². The van der Waals surface area contributed by atoms with Crippen LogP contribution in [0, 0.1) is 5.82 Å². The molecule has 1 aliphatic heterocycles. The van der Waals surface area contributed by atoms with Gasteiger partial charge in [-0.05, 0) is 54.4 Å². The fourth-order valence-corrected chi connectivity index (χ4v) is 5.10. The van der Waals surface area contributed by atoms with Gasteiger partial charge in [-0.15, -0.1) is 0 Å². The fourth-order valence-electron chi connectivity index (χ4n) is 4.02. The molecule has 0 spiro atoms. The van der Waals surface area contributed by atoms with Gasteiger partial charge in [-0.25, -0.2) is 22.4 Å². The maximum atomic E-state index is 14.1. The molecule has 0 saturated carbocycles. The highest BCUT2D eigenvalue weighted by molar-refractivity contribution is 7.92. The maximum Gasteiger partial charge on any atom is 0.490 e. The van der Waals surface area contributed by atoms with Gasteiger partial charge in [-0.2, -0.15) is 13.2 Å². The molecule has 0 unspecified atom stereocenters. The number of hydrogen-bond acceptors (Lipinski definition) is 6. The SMILES string of the molecule is CCc1ccc(S(=O)(=O)Nc2ccc(N3CCN(c4ccccc4F)CC3)cc2C(=O)O)cc1.O=C(O)C(F)(F)F. The highest BCUT2D eigenvalue weighted by Crippen LogP contribution is 2.28. The third kappa shape index (κ3) is 8.10. The Morgan fingerprint density at radius 3 is 1.98 bits per heavy atom. The molecule has 1 saturated heterocycles. The van der Waals surface area contributed by atoms with Crippen LogP contribution < -0.4 is 14.5 Å². The summed E-state index contributed by atoms with van der Waals surface area (Å²) in [4.78, 5) is 24.9. The summed E-state index contributed by atoms with van der Waals surface area (Å²) < 4.78 is 73.9. The molecule has 0 radical (unpaired) electrons. The second kappa shape index (κ2) is 12.9. The predicted octanol–water partition coefficient (Wildman–Crippen LogP) is 4.85. The summed E-state index contributed by atoms with van der Waals surface area (Å²) in [7, 11) is -3.94. The normalized spacial score (nSPS) is 13.7. The minimum absolute atomic E-state index is 0.000751. The number of sulfonamides is 1. The lowest BCUT2D eigenvalue weighted by atomic mass is 10.1. The molecule has 0 amide bonds. The number of carboxylic acids is 2. The fraction of sp³-hybridized carbons (Fsp3) is 0.259. The molecule has 0 aliphatic carbocycles. The molecule has 1 aliphatic rings. The Kier molecular flexibility index (Phi) is 9.81. The van der Waals surface area contributed by atoms with E-state index in [0.717, 1.165) is 12.0 Å². The van der Waals surface area contributed by atoms with Crippen molar-refractivity contribution in [3.8, 4) is 0 Å². The molecule has 0 atom stereocenters.